The Morgan fingerprint density at radius 3 is 2.29 bits per heavy atom. The van der Waals surface area contributed by atoms with Crippen LogP contribution in [0.5, 0.6) is 11.6 Å². The SMILES string of the molecule is CCOc1ccccc1-n1c(=O)c(C(C)=NC[C@H]2c3ccccc3C(=O)N(CCc3ccccc3)[C@@H]2c2ccc3c(c2)c2ccccc2n3C)c(O)n(C)c1=O. The number of fused-ring (bicyclic) bond motifs is 4. The van der Waals surface area contributed by atoms with Crippen LogP contribution in [0.25, 0.3) is 27.5 Å². The topological polar surface area (TPSA) is 111 Å². The highest BCUT2D eigenvalue weighted by molar-refractivity contribution is 6.08. The van der Waals surface area contributed by atoms with Crippen LogP contribution < -0.4 is 16.0 Å². The molecule has 282 valence electrons. The van der Waals surface area contributed by atoms with Crippen LogP contribution in [0, 0.1) is 0 Å². The minimum atomic E-state index is -0.714. The molecule has 1 aliphatic rings. The minimum absolute atomic E-state index is 0.0527. The Hall–Kier alpha value is -6.68. The number of hydrogen-bond acceptors (Lipinski definition) is 6. The average molecular weight is 746 g/mol. The number of aromatic nitrogens is 3. The Bertz CT molecular complexity index is 2780. The lowest BCUT2D eigenvalue weighted by Gasteiger charge is -2.42. The fraction of sp³-hybridized carbons (Fsp3) is 0.217. The second-order valence-corrected chi connectivity index (χ2v) is 14.2. The van der Waals surface area contributed by atoms with Gasteiger partial charge in [-0.3, -0.25) is 19.1 Å². The third-order valence-electron chi connectivity index (χ3n) is 11.1. The molecule has 10 heteroatoms. The van der Waals surface area contributed by atoms with Crippen molar-refractivity contribution >= 4 is 33.4 Å². The smallest absolute Gasteiger partial charge is 0.338 e. The standard InChI is InChI=1S/C46H43N5O5/c1-5-56-40-22-14-13-21-39(40)51-45(54)41(44(53)49(4)46(51)55)29(2)47-28-36-32-17-9-10-19-34(32)43(52)50(26-25-30-15-7-6-8-16-30)42(36)31-23-24-38-35(27-31)33-18-11-12-20-37(33)48(38)3/h6-24,27,36,42,53H,5,25-26,28H2,1-4H3/t36-,42+/m0/s1. The molecular weight excluding hydrogens is 703 g/mol. The Morgan fingerprint density at radius 1 is 0.786 bits per heavy atom. The summed E-state index contributed by atoms with van der Waals surface area (Å²) in [4.78, 5) is 49.3. The maximum atomic E-state index is 14.6. The van der Waals surface area contributed by atoms with Crippen LogP contribution in [-0.4, -0.2) is 55.0 Å². The Kier molecular flexibility index (Phi) is 9.64. The zero-order valence-corrected chi connectivity index (χ0v) is 31.8. The quantitative estimate of drug-likeness (QED) is 0.148. The van der Waals surface area contributed by atoms with Crippen molar-refractivity contribution in [2.75, 3.05) is 19.7 Å². The van der Waals surface area contributed by atoms with Crippen molar-refractivity contribution in [2.45, 2.75) is 32.2 Å². The zero-order valence-electron chi connectivity index (χ0n) is 31.8. The van der Waals surface area contributed by atoms with Gasteiger partial charge in [0.15, 0.2) is 0 Å². The summed E-state index contributed by atoms with van der Waals surface area (Å²) in [6.45, 7) is 4.49. The van der Waals surface area contributed by atoms with Gasteiger partial charge in [-0.2, -0.15) is 0 Å². The van der Waals surface area contributed by atoms with Gasteiger partial charge in [0.2, 0.25) is 5.88 Å². The summed E-state index contributed by atoms with van der Waals surface area (Å²) in [6.07, 6.45) is 0.658. The molecule has 0 unspecified atom stereocenters. The van der Waals surface area contributed by atoms with Gasteiger partial charge in [-0.1, -0.05) is 84.9 Å². The number of amides is 1. The van der Waals surface area contributed by atoms with E-state index >= 15 is 0 Å². The highest BCUT2D eigenvalue weighted by atomic mass is 16.5. The molecule has 0 fully saturated rings. The first-order valence-corrected chi connectivity index (χ1v) is 18.9. The number of hydrogen-bond donors (Lipinski definition) is 1. The molecule has 0 bridgehead atoms. The molecule has 10 nitrogen and oxygen atoms in total. The number of nitrogens with zero attached hydrogens (tertiary/aromatic N) is 5. The number of para-hydroxylation sites is 3. The third kappa shape index (κ3) is 6.17. The van der Waals surface area contributed by atoms with E-state index in [1.165, 1.54) is 7.05 Å². The Labute approximate surface area is 324 Å². The summed E-state index contributed by atoms with van der Waals surface area (Å²) in [5.41, 5.74) is 4.80. The van der Waals surface area contributed by atoms with Crippen LogP contribution in [0.1, 0.15) is 58.4 Å². The molecule has 1 amide bonds. The lowest BCUT2D eigenvalue weighted by Crippen LogP contribution is -2.44. The monoisotopic (exact) mass is 745 g/mol. The molecule has 56 heavy (non-hydrogen) atoms. The van der Waals surface area contributed by atoms with Gasteiger partial charge in [-0.05, 0) is 73.4 Å². The second kappa shape index (κ2) is 14.9. The van der Waals surface area contributed by atoms with Gasteiger partial charge in [0.25, 0.3) is 11.5 Å². The maximum Gasteiger partial charge on any atom is 0.338 e. The normalized spacial score (nSPS) is 15.8. The third-order valence-corrected chi connectivity index (χ3v) is 11.1. The summed E-state index contributed by atoms with van der Waals surface area (Å²) in [5, 5.41) is 13.5. The number of ether oxygens (including phenoxy) is 1. The molecule has 5 aromatic carbocycles. The summed E-state index contributed by atoms with van der Waals surface area (Å²) >= 11 is 0. The van der Waals surface area contributed by atoms with E-state index in [1.807, 2.05) is 66.4 Å². The predicted octanol–water partition coefficient (Wildman–Crippen LogP) is 7.32. The van der Waals surface area contributed by atoms with Crippen molar-refractivity contribution in [3.8, 4) is 17.3 Å². The lowest BCUT2D eigenvalue weighted by molar-refractivity contribution is 0.0614. The largest absolute Gasteiger partial charge is 0.494 e. The van der Waals surface area contributed by atoms with Crippen molar-refractivity contribution in [1.82, 2.24) is 18.6 Å². The molecule has 0 radical (unpaired) electrons. The van der Waals surface area contributed by atoms with E-state index in [9.17, 15) is 19.5 Å². The van der Waals surface area contributed by atoms with E-state index in [4.69, 9.17) is 9.73 Å². The predicted molar refractivity (Wildman–Crippen MR) is 221 cm³/mol. The number of carbonyl (C=O) groups excluding carboxylic acids is 1. The fourth-order valence-electron chi connectivity index (χ4n) is 8.26. The number of rotatable bonds is 10. The molecule has 8 rings (SSSR count). The van der Waals surface area contributed by atoms with E-state index in [0.717, 1.165) is 47.6 Å². The van der Waals surface area contributed by atoms with Gasteiger partial charge in [0, 0.05) is 66.2 Å². The van der Waals surface area contributed by atoms with Crippen molar-refractivity contribution in [2.24, 2.45) is 19.1 Å². The Balaban J connectivity index is 1.28. The lowest BCUT2D eigenvalue weighted by atomic mass is 9.79. The van der Waals surface area contributed by atoms with Gasteiger partial charge < -0.3 is 19.3 Å². The first-order chi connectivity index (χ1) is 27.2. The van der Waals surface area contributed by atoms with Crippen LogP contribution in [0.2, 0.25) is 0 Å². The van der Waals surface area contributed by atoms with Crippen molar-refractivity contribution in [3.05, 3.63) is 170 Å². The van der Waals surface area contributed by atoms with Crippen molar-refractivity contribution in [3.63, 3.8) is 0 Å². The number of aromatic hydroxyl groups is 1. The number of aryl methyl sites for hydroxylation is 1. The highest BCUT2D eigenvalue weighted by Gasteiger charge is 2.40. The van der Waals surface area contributed by atoms with E-state index < -0.39 is 23.2 Å². The summed E-state index contributed by atoms with van der Waals surface area (Å²) in [7, 11) is 3.48. The van der Waals surface area contributed by atoms with Crippen LogP contribution in [0.3, 0.4) is 0 Å². The zero-order chi connectivity index (χ0) is 39.1. The van der Waals surface area contributed by atoms with Gasteiger partial charge >= 0.3 is 5.69 Å². The number of benzene rings is 5. The molecule has 0 saturated carbocycles. The first kappa shape index (κ1) is 36.3. The molecule has 1 N–H and O–H groups in total. The highest BCUT2D eigenvalue weighted by Crippen LogP contribution is 2.44. The van der Waals surface area contributed by atoms with Crippen LogP contribution in [0.15, 0.2) is 136 Å². The van der Waals surface area contributed by atoms with Gasteiger partial charge in [-0.15, -0.1) is 0 Å². The summed E-state index contributed by atoms with van der Waals surface area (Å²) in [6, 6.07) is 39.0. The molecule has 1 aliphatic heterocycles. The second-order valence-electron chi connectivity index (χ2n) is 14.2. The average Bonchev–Trinajstić information content (AvgIpc) is 3.51. The molecule has 2 aromatic heterocycles. The molecule has 3 heterocycles. The van der Waals surface area contributed by atoms with Gasteiger partial charge in [0.1, 0.15) is 11.3 Å². The van der Waals surface area contributed by atoms with E-state index in [1.54, 1.807) is 31.2 Å². The first-order valence-electron chi connectivity index (χ1n) is 18.9. The minimum Gasteiger partial charge on any atom is -0.494 e. The number of aliphatic imine (C=N–C) groups is 1. The summed E-state index contributed by atoms with van der Waals surface area (Å²) in [5.74, 6) is -0.487. The van der Waals surface area contributed by atoms with Gasteiger partial charge in [0.05, 0.1) is 18.3 Å². The van der Waals surface area contributed by atoms with Crippen molar-refractivity contribution < 1.29 is 14.6 Å². The molecule has 2 atom stereocenters. The fourth-order valence-corrected chi connectivity index (χ4v) is 8.26. The molecule has 0 aliphatic carbocycles. The maximum absolute atomic E-state index is 14.6. The van der Waals surface area contributed by atoms with Crippen LogP contribution in [-0.2, 0) is 20.5 Å². The molecular formula is C46H43N5O5. The number of carbonyl (C=O) groups is 1. The van der Waals surface area contributed by atoms with E-state index in [-0.39, 0.29) is 35.3 Å². The van der Waals surface area contributed by atoms with Crippen LogP contribution >= 0.6 is 0 Å². The molecule has 0 saturated heterocycles. The summed E-state index contributed by atoms with van der Waals surface area (Å²) < 4.78 is 10.0. The Morgan fingerprint density at radius 2 is 1.48 bits per heavy atom. The molecule has 0 spiro atoms. The van der Waals surface area contributed by atoms with E-state index in [2.05, 4.69) is 54.1 Å². The van der Waals surface area contributed by atoms with Gasteiger partial charge in [-0.25, -0.2) is 9.36 Å². The van der Waals surface area contributed by atoms with E-state index in [0.29, 0.717) is 30.9 Å². The van der Waals surface area contributed by atoms with Crippen LogP contribution in [0.4, 0.5) is 0 Å². The molecule has 7 aromatic rings. The van der Waals surface area contributed by atoms with Crippen molar-refractivity contribution in [1.29, 1.82) is 0 Å².